The number of hydrogen-bond donors (Lipinski definition) is 0. The van der Waals surface area contributed by atoms with Gasteiger partial charge in [-0.2, -0.15) is 0 Å². The number of rotatable bonds is 1. The van der Waals surface area contributed by atoms with Crippen molar-refractivity contribution in [1.82, 2.24) is 0 Å². The molecule has 0 radical (unpaired) electrons. The van der Waals surface area contributed by atoms with E-state index in [1.807, 2.05) is 0 Å². The topological polar surface area (TPSA) is 0 Å². The van der Waals surface area contributed by atoms with Crippen LogP contribution in [-0.2, 0) is 17.3 Å². The summed E-state index contributed by atoms with van der Waals surface area (Å²) in [5, 5.41) is 4.86. The fourth-order valence-electron chi connectivity index (χ4n) is 0.730. The van der Waals surface area contributed by atoms with Gasteiger partial charge in [0.1, 0.15) is 0 Å². The average molecular weight is 282 g/mol. The molecule has 48 valence electrons. The third kappa shape index (κ3) is 1.32. The summed E-state index contributed by atoms with van der Waals surface area (Å²) in [7, 11) is 0. The van der Waals surface area contributed by atoms with Crippen LogP contribution in [0.3, 0.4) is 0 Å². The van der Waals surface area contributed by atoms with Crippen LogP contribution in [-0.4, -0.2) is 0 Å². The Morgan fingerprint density at radius 1 is 1.62 bits per heavy atom. The van der Waals surface area contributed by atoms with Gasteiger partial charge in [0.2, 0.25) is 0 Å². The van der Waals surface area contributed by atoms with Crippen molar-refractivity contribution in [3.8, 4) is 0 Å². The van der Waals surface area contributed by atoms with Gasteiger partial charge in [0.15, 0.2) is 0 Å². The van der Waals surface area contributed by atoms with E-state index in [0.717, 1.165) is 0 Å². The normalized spacial score (nSPS) is 16.5. The van der Waals surface area contributed by atoms with Gasteiger partial charge in [-0.05, 0) is 0 Å². The predicted molar refractivity (Wildman–Crippen MR) is 36.9 cm³/mol. The van der Waals surface area contributed by atoms with Crippen LogP contribution in [0, 0.1) is 0 Å². The predicted octanol–water partition coefficient (Wildman–Crippen LogP) is 2.88. The summed E-state index contributed by atoms with van der Waals surface area (Å²) >= 11 is -0.890. The molecule has 0 aromatic rings. The minimum Gasteiger partial charge on any atom is -1.00 e. The van der Waals surface area contributed by atoms with Crippen LogP contribution in [0.2, 0.25) is 10.6 Å². The monoisotopic (exact) mass is 282 g/mol. The van der Waals surface area contributed by atoms with Crippen molar-refractivity contribution in [2.24, 2.45) is 0 Å². The molecule has 0 atom stereocenters. The van der Waals surface area contributed by atoms with E-state index in [-0.39, 0.29) is 4.28 Å². The van der Waals surface area contributed by atoms with Crippen molar-refractivity contribution >= 4 is 0 Å². The van der Waals surface area contributed by atoms with E-state index in [0.29, 0.717) is 0 Å². The molecule has 1 aliphatic carbocycles. The molecule has 0 saturated heterocycles. The largest absolute Gasteiger partial charge is 1.00 e. The van der Waals surface area contributed by atoms with Gasteiger partial charge in [0.25, 0.3) is 0 Å². The molecule has 1 rings (SSSR count). The summed E-state index contributed by atoms with van der Waals surface area (Å²) in [5.74, 6) is 0. The Labute approximate surface area is 61.3 Å². The summed E-state index contributed by atoms with van der Waals surface area (Å²) in [6.07, 6.45) is 8.00. The maximum absolute atomic E-state index is 2.43. The summed E-state index contributed by atoms with van der Waals surface area (Å²) < 4.78 is 1.75. The molecule has 0 saturated carbocycles. The maximum Gasteiger partial charge on any atom is -1.00 e. The molecule has 0 heterocycles. The van der Waals surface area contributed by atoms with Gasteiger partial charge in [0, 0.05) is 0 Å². The van der Waals surface area contributed by atoms with E-state index in [2.05, 4.69) is 28.9 Å². The second kappa shape index (κ2) is 2.64. The smallest absolute Gasteiger partial charge is 1.00 e. The molecule has 0 aromatic carbocycles. The van der Waals surface area contributed by atoms with Gasteiger partial charge < -0.3 is 4.28 Å². The maximum atomic E-state index is 2.43. The van der Waals surface area contributed by atoms with Crippen LogP contribution < -0.4 is 0 Å². The molecule has 0 bridgehead atoms. The Hall–Kier alpha value is 0.168. The fourth-order valence-corrected chi connectivity index (χ4v) is 3.53. The first-order chi connectivity index (χ1) is 3.80. The van der Waals surface area contributed by atoms with E-state index in [1.54, 1.807) is 3.96 Å². The molecule has 0 aromatic heterocycles. The van der Waals surface area contributed by atoms with Crippen molar-refractivity contribution in [2.75, 3.05) is 0 Å². The van der Waals surface area contributed by atoms with Gasteiger partial charge in [-0.1, -0.05) is 0 Å². The molecular formula is C7H14W. The molecule has 0 amide bonds. The van der Waals surface area contributed by atoms with Crippen molar-refractivity contribution in [3.05, 3.63) is 22.2 Å². The molecule has 0 N–H and O–H groups in total. The Morgan fingerprint density at radius 3 is 2.62 bits per heavy atom. The first-order valence-electron chi connectivity index (χ1n) is 2.74. The molecule has 0 aliphatic heterocycles. The second-order valence-electron chi connectivity index (χ2n) is 2.08. The first kappa shape index (κ1) is 6.29. The molecular weight excluding hydrogens is 268 g/mol. The SMILES string of the molecule is [CH3][W+3]([CH3])[C]1=CC=CC1.[H-].[H-].[H-]. The number of hydrogen-bond acceptors (Lipinski definition) is 0. The third-order valence-electron chi connectivity index (χ3n) is 1.26. The van der Waals surface area contributed by atoms with Crippen molar-refractivity contribution < 1.29 is 21.6 Å². The Bertz CT molecular complexity index is 141. The van der Waals surface area contributed by atoms with Gasteiger partial charge in [-0.3, -0.25) is 0 Å². The van der Waals surface area contributed by atoms with Gasteiger partial charge in [-0.15, -0.1) is 0 Å². The van der Waals surface area contributed by atoms with E-state index in [4.69, 9.17) is 0 Å². The van der Waals surface area contributed by atoms with E-state index in [9.17, 15) is 0 Å². The second-order valence-corrected chi connectivity index (χ2v) is 9.83. The third-order valence-corrected chi connectivity index (χ3v) is 6.12. The van der Waals surface area contributed by atoms with Crippen molar-refractivity contribution in [2.45, 2.75) is 17.0 Å². The molecule has 0 fully saturated rings. The van der Waals surface area contributed by atoms with Crippen LogP contribution in [0.4, 0.5) is 0 Å². The quantitative estimate of drug-likeness (QED) is 0.693. The van der Waals surface area contributed by atoms with E-state index in [1.165, 1.54) is 6.42 Å². The zero-order valence-corrected chi connectivity index (χ0v) is 8.28. The van der Waals surface area contributed by atoms with E-state index >= 15 is 0 Å². The summed E-state index contributed by atoms with van der Waals surface area (Å²) in [5.41, 5.74) is 0. The molecule has 1 aliphatic rings. The first-order valence-corrected chi connectivity index (χ1v) is 10.1. The van der Waals surface area contributed by atoms with E-state index < -0.39 is 17.3 Å². The van der Waals surface area contributed by atoms with Crippen LogP contribution in [0.5, 0.6) is 0 Å². The average Bonchev–Trinajstić information content (AvgIpc) is 2.12. The van der Waals surface area contributed by atoms with Crippen molar-refractivity contribution in [3.63, 3.8) is 0 Å². The van der Waals surface area contributed by atoms with Crippen LogP contribution in [0.1, 0.15) is 10.7 Å². The Balaban J connectivity index is -0.000000213. The zero-order chi connectivity index (χ0) is 5.98. The molecule has 0 unspecified atom stereocenters. The minimum absolute atomic E-state index is 0. The standard InChI is InChI=1S/C5H5.2CH3.W.3H/c1-2-4-5-3-1;;;;;;/h1-3H,4H2;2*1H3;;;;/q;;;+3;3*-1. The van der Waals surface area contributed by atoms with Crippen LogP contribution in [0.25, 0.3) is 0 Å². The molecule has 1 heteroatoms. The molecule has 0 nitrogen and oxygen atoms in total. The zero-order valence-electron chi connectivity index (χ0n) is 8.35. The molecule has 8 heavy (non-hydrogen) atoms. The Kier molecular flexibility index (Phi) is 2.07. The Morgan fingerprint density at radius 2 is 2.38 bits per heavy atom. The van der Waals surface area contributed by atoms with Gasteiger partial charge >= 0.3 is 56.5 Å². The molecule has 0 spiro atoms. The van der Waals surface area contributed by atoms with Gasteiger partial charge in [-0.25, -0.2) is 0 Å². The number of allylic oxidation sites excluding steroid dienone is 4. The summed E-state index contributed by atoms with van der Waals surface area (Å²) in [6.45, 7) is 0. The fraction of sp³-hybridized carbons (Fsp3) is 0.429. The minimum atomic E-state index is -0.890. The van der Waals surface area contributed by atoms with Crippen molar-refractivity contribution in [1.29, 1.82) is 0 Å². The van der Waals surface area contributed by atoms with Crippen LogP contribution >= 0.6 is 0 Å². The summed E-state index contributed by atoms with van der Waals surface area (Å²) in [4.78, 5) is 0. The summed E-state index contributed by atoms with van der Waals surface area (Å²) in [6, 6.07) is 0. The van der Waals surface area contributed by atoms with Crippen LogP contribution in [0.15, 0.2) is 22.2 Å². The van der Waals surface area contributed by atoms with Gasteiger partial charge in [0.05, 0.1) is 0 Å².